The molecule has 0 spiro atoms. The van der Waals surface area contributed by atoms with E-state index in [1.165, 1.54) is 5.56 Å². The Morgan fingerprint density at radius 1 is 1.19 bits per heavy atom. The van der Waals surface area contributed by atoms with Crippen molar-refractivity contribution in [3.05, 3.63) is 35.9 Å². The van der Waals surface area contributed by atoms with Gasteiger partial charge in [-0.05, 0) is 19.4 Å². The molecule has 0 saturated carbocycles. The first-order chi connectivity index (χ1) is 7.66. The molecule has 16 heavy (non-hydrogen) atoms. The molecule has 2 rings (SSSR count). The molecule has 1 aliphatic heterocycles. The lowest BCUT2D eigenvalue weighted by Gasteiger charge is -2.35. The van der Waals surface area contributed by atoms with Crippen molar-refractivity contribution in [2.45, 2.75) is 32.2 Å². The third-order valence-electron chi connectivity index (χ3n) is 2.70. The van der Waals surface area contributed by atoms with Crippen LogP contribution in [0.1, 0.15) is 19.4 Å². The van der Waals surface area contributed by atoms with Crippen LogP contribution in [0.5, 0.6) is 0 Å². The zero-order chi connectivity index (χ0) is 11.4. The monoisotopic (exact) mass is 221 g/mol. The van der Waals surface area contributed by atoms with E-state index in [0.29, 0.717) is 13.2 Å². The molecule has 0 bridgehead atoms. The minimum atomic E-state index is -0.426. The largest absolute Gasteiger partial charge is 0.349 e. The maximum atomic E-state index is 5.58. The number of rotatable bonds is 3. The summed E-state index contributed by atoms with van der Waals surface area (Å²) < 4.78 is 11.2. The van der Waals surface area contributed by atoms with Crippen molar-refractivity contribution >= 4 is 0 Å². The van der Waals surface area contributed by atoms with Crippen molar-refractivity contribution in [1.82, 2.24) is 5.32 Å². The highest BCUT2D eigenvalue weighted by atomic mass is 16.7. The second-order valence-corrected chi connectivity index (χ2v) is 4.59. The normalized spacial score (nSPS) is 20.9. The van der Waals surface area contributed by atoms with E-state index in [-0.39, 0.29) is 6.04 Å². The molecule has 0 atom stereocenters. The molecule has 88 valence electrons. The van der Waals surface area contributed by atoms with Crippen LogP contribution < -0.4 is 5.32 Å². The second-order valence-electron chi connectivity index (χ2n) is 4.59. The van der Waals surface area contributed by atoms with Crippen molar-refractivity contribution < 1.29 is 9.47 Å². The molecule has 0 unspecified atom stereocenters. The van der Waals surface area contributed by atoms with E-state index < -0.39 is 5.79 Å². The van der Waals surface area contributed by atoms with Crippen molar-refractivity contribution in [3.8, 4) is 0 Å². The highest BCUT2D eigenvalue weighted by Gasteiger charge is 2.27. The van der Waals surface area contributed by atoms with Gasteiger partial charge in [0.1, 0.15) is 0 Å². The van der Waals surface area contributed by atoms with Crippen LogP contribution in [-0.2, 0) is 16.0 Å². The van der Waals surface area contributed by atoms with Gasteiger partial charge in [-0.25, -0.2) is 0 Å². The van der Waals surface area contributed by atoms with Crippen molar-refractivity contribution in [2.24, 2.45) is 0 Å². The van der Waals surface area contributed by atoms with Gasteiger partial charge >= 0.3 is 0 Å². The maximum Gasteiger partial charge on any atom is 0.162 e. The van der Waals surface area contributed by atoms with Gasteiger partial charge in [-0.15, -0.1) is 0 Å². The third kappa shape index (κ3) is 3.30. The number of hydrogen-bond acceptors (Lipinski definition) is 3. The van der Waals surface area contributed by atoms with Gasteiger partial charge in [0.15, 0.2) is 5.79 Å². The van der Waals surface area contributed by atoms with Crippen LogP contribution in [0.2, 0.25) is 0 Å². The molecule has 0 radical (unpaired) electrons. The molecule has 0 aromatic heterocycles. The zero-order valence-corrected chi connectivity index (χ0v) is 9.90. The Morgan fingerprint density at radius 3 is 2.44 bits per heavy atom. The minimum absolute atomic E-state index is 0.285. The van der Waals surface area contributed by atoms with Gasteiger partial charge in [-0.2, -0.15) is 0 Å². The fraction of sp³-hybridized carbons (Fsp3) is 0.538. The van der Waals surface area contributed by atoms with Gasteiger partial charge in [0.2, 0.25) is 0 Å². The first-order valence-electron chi connectivity index (χ1n) is 5.71. The molecule has 1 aromatic carbocycles. The van der Waals surface area contributed by atoms with E-state index in [1.807, 2.05) is 32.0 Å². The molecule has 1 heterocycles. The van der Waals surface area contributed by atoms with E-state index in [1.54, 1.807) is 0 Å². The van der Waals surface area contributed by atoms with Gasteiger partial charge in [0.25, 0.3) is 0 Å². The zero-order valence-electron chi connectivity index (χ0n) is 9.90. The summed E-state index contributed by atoms with van der Waals surface area (Å²) in [6.07, 6.45) is 0. The Labute approximate surface area is 96.8 Å². The Hall–Kier alpha value is -0.900. The lowest BCUT2D eigenvalue weighted by Crippen LogP contribution is -2.48. The highest BCUT2D eigenvalue weighted by Crippen LogP contribution is 2.17. The van der Waals surface area contributed by atoms with Crippen molar-refractivity contribution in [2.75, 3.05) is 13.2 Å². The van der Waals surface area contributed by atoms with Gasteiger partial charge in [-0.3, -0.25) is 0 Å². The molecule has 1 aliphatic rings. The Kier molecular flexibility index (Phi) is 3.59. The van der Waals surface area contributed by atoms with E-state index in [9.17, 15) is 0 Å². The van der Waals surface area contributed by atoms with Crippen LogP contribution in [0, 0.1) is 0 Å². The summed E-state index contributed by atoms with van der Waals surface area (Å²) >= 11 is 0. The summed E-state index contributed by atoms with van der Waals surface area (Å²) in [5, 5.41) is 3.43. The number of nitrogens with one attached hydrogen (secondary N) is 1. The molecule has 0 amide bonds. The average molecular weight is 221 g/mol. The van der Waals surface area contributed by atoms with Crippen molar-refractivity contribution in [3.63, 3.8) is 0 Å². The topological polar surface area (TPSA) is 30.5 Å². The molecule has 0 aliphatic carbocycles. The van der Waals surface area contributed by atoms with Crippen molar-refractivity contribution in [1.29, 1.82) is 0 Å². The SMILES string of the molecule is CC1(C)OCC(NCc2ccccc2)CO1. The summed E-state index contributed by atoms with van der Waals surface area (Å²) in [7, 11) is 0. The summed E-state index contributed by atoms with van der Waals surface area (Å²) in [5.41, 5.74) is 1.28. The van der Waals surface area contributed by atoms with Crippen LogP contribution in [0.3, 0.4) is 0 Å². The molecule has 1 N–H and O–H groups in total. The van der Waals surface area contributed by atoms with Gasteiger partial charge in [0.05, 0.1) is 19.3 Å². The lowest BCUT2D eigenvalue weighted by atomic mass is 10.2. The lowest BCUT2D eigenvalue weighted by molar-refractivity contribution is -0.253. The number of hydrogen-bond donors (Lipinski definition) is 1. The summed E-state index contributed by atoms with van der Waals surface area (Å²) in [4.78, 5) is 0. The van der Waals surface area contributed by atoms with Gasteiger partial charge in [-0.1, -0.05) is 30.3 Å². The molecule has 1 saturated heterocycles. The standard InChI is InChI=1S/C13H19NO2/c1-13(2)15-9-12(10-16-13)14-8-11-6-4-3-5-7-11/h3-7,12,14H,8-10H2,1-2H3. The molecule has 3 heteroatoms. The first-order valence-corrected chi connectivity index (χ1v) is 5.71. The summed E-state index contributed by atoms with van der Waals surface area (Å²) in [6, 6.07) is 10.6. The van der Waals surface area contributed by atoms with E-state index in [2.05, 4.69) is 17.4 Å². The first kappa shape index (κ1) is 11.6. The van der Waals surface area contributed by atoms with E-state index in [4.69, 9.17) is 9.47 Å². The molecule has 3 nitrogen and oxygen atoms in total. The Bertz CT molecular complexity index is 314. The average Bonchev–Trinajstić information content (AvgIpc) is 2.29. The fourth-order valence-electron chi connectivity index (χ4n) is 1.67. The summed E-state index contributed by atoms with van der Waals surface area (Å²) in [5.74, 6) is -0.426. The number of ether oxygens (including phenoxy) is 2. The van der Waals surface area contributed by atoms with E-state index >= 15 is 0 Å². The fourth-order valence-corrected chi connectivity index (χ4v) is 1.67. The maximum absolute atomic E-state index is 5.58. The number of benzene rings is 1. The van der Waals surface area contributed by atoms with Crippen LogP contribution >= 0.6 is 0 Å². The smallest absolute Gasteiger partial charge is 0.162 e. The predicted octanol–water partition coefficient (Wildman–Crippen LogP) is 1.93. The predicted molar refractivity (Wildman–Crippen MR) is 63.1 cm³/mol. The van der Waals surface area contributed by atoms with Gasteiger partial charge in [0, 0.05) is 6.54 Å². The molecular weight excluding hydrogens is 202 g/mol. The van der Waals surface area contributed by atoms with E-state index in [0.717, 1.165) is 6.54 Å². The minimum Gasteiger partial charge on any atom is -0.349 e. The molecular formula is C13H19NO2. The Balaban J connectivity index is 1.76. The molecule has 1 aromatic rings. The summed E-state index contributed by atoms with van der Waals surface area (Å²) in [6.45, 7) is 6.17. The third-order valence-corrected chi connectivity index (χ3v) is 2.70. The van der Waals surface area contributed by atoms with Crippen LogP contribution in [0.25, 0.3) is 0 Å². The highest BCUT2D eigenvalue weighted by molar-refractivity contribution is 5.14. The van der Waals surface area contributed by atoms with Gasteiger partial charge < -0.3 is 14.8 Å². The Morgan fingerprint density at radius 2 is 1.81 bits per heavy atom. The van der Waals surface area contributed by atoms with Crippen LogP contribution in [-0.4, -0.2) is 25.0 Å². The second kappa shape index (κ2) is 4.95. The quantitative estimate of drug-likeness (QED) is 0.846. The van der Waals surface area contributed by atoms with Crippen LogP contribution in [0.15, 0.2) is 30.3 Å². The van der Waals surface area contributed by atoms with Crippen LogP contribution in [0.4, 0.5) is 0 Å². The molecule has 1 fully saturated rings.